The van der Waals surface area contributed by atoms with E-state index in [4.69, 9.17) is 0 Å². The van der Waals surface area contributed by atoms with Crippen molar-refractivity contribution in [3.8, 4) is 0 Å². The van der Waals surface area contributed by atoms with E-state index in [2.05, 4.69) is 40.5 Å². The molecule has 1 N–H and O–H groups in total. The van der Waals surface area contributed by atoms with Crippen molar-refractivity contribution < 1.29 is 28.5 Å². The van der Waals surface area contributed by atoms with Crippen LogP contribution in [0.15, 0.2) is 30.3 Å². The second-order valence-electron chi connectivity index (χ2n) is 7.12. The molecule has 4 rings (SSSR count). The summed E-state index contributed by atoms with van der Waals surface area (Å²) in [6.07, 6.45) is 5.29. The van der Waals surface area contributed by atoms with Crippen LogP contribution in [0.4, 0.5) is 0 Å². The van der Waals surface area contributed by atoms with Gasteiger partial charge in [0.2, 0.25) is 0 Å². The summed E-state index contributed by atoms with van der Waals surface area (Å²) < 4.78 is 1.43. The monoisotopic (exact) mass is 429 g/mol. The maximum absolute atomic E-state index is 3.59. The van der Waals surface area contributed by atoms with Crippen LogP contribution in [0, 0.1) is 0 Å². The zero-order chi connectivity index (χ0) is 15.1. The van der Waals surface area contributed by atoms with Crippen LogP contribution in [0.25, 0.3) is 0 Å². The third-order valence-electron chi connectivity index (χ3n) is 5.59. The molecule has 1 aromatic rings. The molecule has 0 unspecified atom stereocenters. The van der Waals surface area contributed by atoms with Crippen molar-refractivity contribution in [3.63, 3.8) is 0 Å². The van der Waals surface area contributed by atoms with Crippen molar-refractivity contribution in [3.05, 3.63) is 35.9 Å². The molecule has 3 fully saturated rings. The second kappa shape index (κ2) is 9.97. The number of unbranched alkanes of at least 4 members (excludes halogenated alkanes) is 2. The minimum atomic E-state index is 0. The number of rotatable bonds is 9. The first-order valence-corrected chi connectivity index (χ1v) is 9.18. The van der Waals surface area contributed by atoms with E-state index in [1.54, 1.807) is 0 Å². The number of hydrogen-bond donors (Lipinski definition) is 1. The normalized spacial score (nSPS) is 26.0. The molecular weight excluding hydrogens is 397 g/mol. The third-order valence-corrected chi connectivity index (χ3v) is 5.59. The van der Waals surface area contributed by atoms with Gasteiger partial charge in [-0.25, -0.2) is 0 Å². The molecule has 1 aromatic carbocycles. The van der Waals surface area contributed by atoms with Gasteiger partial charge in [-0.2, -0.15) is 0 Å². The number of fused-ring (bicyclic) bond motifs is 3. The lowest BCUT2D eigenvalue weighted by Crippen LogP contribution is -3.00. The van der Waals surface area contributed by atoms with E-state index in [0.717, 1.165) is 13.0 Å². The molecule has 3 heterocycles. The summed E-state index contributed by atoms with van der Waals surface area (Å²) in [6.45, 7) is 12.0. The highest BCUT2D eigenvalue weighted by Gasteiger charge is 2.37. The summed E-state index contributed by atoms with van der Waals surface area (Å²) in [6, 6.07) is 10.8. The molecule has 3 nitrogen and oxygen atoms in total. The molecule has 23 heavy (non-hydrogen) atoms. The van der Waals surface area contributed by atoms with Gasteiger partial charge in [0.25, 0.3) is 0 Å². The molecule has 0 spiro atoms. The smallest absolute Gasteiger partial charge is 0.0916 e. The van der Waals surface area contributed by atoms with Gasteiger partial charge < -0.3 is 33.8 Å². The molecule has 4 heteroatoms. The molecule has 0 aliphatic carbocycles. The van der Waals surface area contributed by atoms with Gasteiger partial charge in [-0.1, -0.05) is 30.3 Å². The molecule has 3 aliphatic heterocycles. The van der Waals surface area contributed by atoms with Gasteiger partial charge in [-0.15, -0.1) is 0 Å². The average molecular weight is 429 g/mol. The molecule has 0 saturated carbocycles. The van der Waals surface area contributed by atoms with Crippen LogP contribution in [0.5, 0.6) is 0 Å². The van der Waals surface area contributed by atoms with Crippen molar-refractivity contribution in [2.45, 2.75) is 25.7 Å². The molecule has 0 radical (unpaired) electrons. The molecule has 3 aliphatic rings. The Morgan fingerprint density at radius 2 is 1.57 bits per heavy atom. The summed E-state index contributed by atoms with van der Waals surface area (Å²) in [5.41, 5.74) is 1.44. The van der Waals surface area contributed by atoms with Gasteiger partial charge in [0.1, 0.15) is 0 Å². The third kappa shape index (κ3) is 6.00. The SMILES string of the molecule is [I-].c1ccc(CCNCCCCC[N+]23CCN(CC2)CC3)cc1. The summed E-state index contributed by atoms with van der Waals surface area (Å²) in [5.74, 6) is 0. The van der Waals surface area contributed by atoms with E-state index >= 15 is 0 Å². The van der Waals surface area contributed by atoms with E-state index in [-0.39, 0.29) is 24.0 Å². The fraction of sp³-hybridized carbons (Fsp3) is 0.684. The molecular formula is C19H32IN3. The Morgan fingerprint density at radius 1 is 0.870 bits per heavy atom. The average Bonchev–Trinajstić information content (AvgIpc) is 2.60. The Bertz CT molecular complexity index is 416. The van der Waals surface area contributed by atoms with Crippen LogP contribution >= 0.6 is 0 Å². The Kier molecular flexibility index (Phi) is 8.30. The van der Waals surface area contributed by atoms with Gasteiger partial charge >= 0.3 is 0 Å². The van der Waals surface area contributed by atoms with Crippen LogP contribution in [0.3, 0.4) is 0 Å². The first kappa shape index (κ1) is 19.2. The van der Waals surface area contributed by atoms with Crippen LogP contribution in [-0.2, 0) is 6.42 Å². The van der Waals surface area contributed by atoms with Gasteiger partial charge in [0, 0.05) is 19.6 Å². The Labute approximate surface area is 159 Å². The number of halogens is 1. The number of nitrogens with zero attached hydrogens (tertiary/aromatic N) is 2. The van der Waals surface area contributed by atoms with Gasteiger partial charge in [-0.3, -0.25) is 4.90 Å². The maximum Gasteiger partial charge on any atom is 0.0916 e. The zero-order valence-electron chi connectivity index (χ0n) is 14.4. The van der Waals surface area contributed by atoms with E-state index in [1.807, 2.05) is 0 Å². The van der Waals surface area contributed by atoms with Crippen LogP contribution in [0.1, 0.15) is 24.8 Å². The second-order valence-corrected chi connectivity index (χ2v) is 7.12. The fourth-order valence-electron chi connectivity index (χ4n) is 3.94. The lowest BCUT2D eigenvalue weighted by Gasteiger charge is -2.50. The van der Waals surface area contributed by atoms with Crippen molar-refractivity contribution in [2.24, 2.45) is 0 Å². The predicted octanol–water partition coefficient (Wildman–Crippen LogP) is -0.861. The topological polar surface area (TPSA) is 15.3 Å². The molecule has 0 atom stereocenters. The number of piperazine rings is 3. The Balaban J connectivity index is 0.00000192. The zero-order valence-corrected chi connectivity index (χ0v) is 16.5. The Morgan fingerprint density at radius 3 is 2.26 bits per heavy atom. The highest BCUT2D eigenvalue weighted by Crippen LogP contribution is 2.20. The van der Waals surface area contributed by atoms with Crippen molar-refractivity contribution in [1.29, 1.82) is 0 Å². The first-order valence-electron chi connectivity index (χ1n) is 9.18. The van der Waals surface area contributed by atoms with Crippen molar-refractivity contribution in [1.82, 2.24) is 10.2 Å². The fourth-order valence-corrected chi connectivity index (χ4v) is 3.94. The molecule has 0 aromatic heterocycles. The number of nitrogens with one attached hydrogen (secondary N) is 1. The summed E-state index contributed by atoms with van der Waals surface area (Å²) in [7, 11) is 0. The standard InChI is InChI=1S/C19H32N3.HI/c1-3-7-19(8-4-1)9-11-20-10-5-2-6-15-22-16-12-21(13-17-22)14-18-22;/h1,3-4,7-8,20H,2,5-6,9-18H2;1H/q+1;/p-1. The van der Waals surface area contributed by atoms with Crippen molar-refractivity contribution >= 4 is 0 Å². The molecule has 3 saturated heterocycles. The summed E-state index contributed by atoms with van der Waals surface area (Å²) >= 11 is 0. The number of hydrogen-bond acceptors (Lipinski definition) is 2. The Hall–Kier alpha value is -0.170. The highest BCUT2D eigenvalue weighted by molar-refractivity contribution is 5.14. The summed E-state index contributed by atoms with van der Waals surface area (Å²) in [5, 5.41) is 3.59. The molecule has 2 bridgehead atoms. The number of benzene rings is 1. The van der Waals surface area contributed by atoms with Crippen LogP contribution < -0.4 is 29.3 Å². The van der Waals surface area contributed by atoms with E-state index in [1.165, 1.54) is 81.7 Å². The van der Waals surface area contributed by atoms with Crippen LogP contribution in [0.2, 0.25) is 0 Å². The molecule has 130 valence electrons. The lowest BCUT2D eigenvalue weighted by atomic mass is 10.1. The van der Waals surface area contributed by atoms with Crippen molar-refractivity contribution in [2.75, 3.05) is 58.9 Å². The summed E-state index contributed by atoms with van der Waals surface area (Å²) in [4.78, 5) is 2.64. The predicted molar refractivity (Wildman–Crippen MR) is 93.0 cm³/mol. The van der Waals surface area contributed by atoms with Crippen LogP contribution in [-0.4, -0.2) is 68.3 Å². The number of quaternary nitrogens is 1. The first-order chi connectivity index (χ1) is 10.9. The quantitative estimate of drug-likeness (QED) is 0.312. The van der Waals surface area contributed by atoms with Gasteiger partial charge in [0.05, 0.1) is 26.2 Å². The minimum absolute atomic E-state index is 0. The van der Waals surface area contributed by atoms with Gasteiger partial charge in [0.15, 0.2) is 0 Å². The lowest BCUT2D eigenvalue weighted by molar-refractivity contribution is -0.941. The van der Waals surface area contributed by atoms with E-state index < -0.39 is 0 Å². The maximum atomic E-state index is 3.59. The van der Waals surface area contributed by atoms with E-state index in [0.29, 0.717) is 0 Å². The van der Waals surface area contributed by atoms with Gasteiger partial charge in [-0.05, 0) is 44.3 Å². The molecule has 0 amide bonds. The largest absolute Gasteiger partial charge is 1.00 e. The highest BCUT2D eigenvalue weighted by atomic mass is 127. The minimum Gasteiger partial charge on any atom is -1.00 e. The van der Waals surface area contributed by atoms with E-state index in [9.17, 15) is 0 Å².